The van der Waals surface area contributed by atoms with Crippen LogP contribution < -0.4 is 15.2 Å². The van der Waals surface area contributed by atoms with Crippen LogP contribution in [0.4, 0.5) is 5.69 Å². The van der Waals surface area contributed by atoms with Crippen molar-refractivity contribution in [3.63, 3.8) is 0 Å². The maximum atomic E-state index is 5.70. The van der Waals surface area contributed by atoms with Crippen LogP contribution in [0.3, 0.4) is 0 Å². The highest BCUT2D eigenvalue weighted by Crippen LogP contribution is 2.31. The summed E-state index contributed by atoms with van der Waals surface area (Å²) in [5, 5.41) is 0. The highest BCUT2D eigenvalue weighted by molar-refractivity contribution is 5.49. The summed E-state index contributed by atoms with van der Waals surface area (Å²) >= 11 is 0. The summed E-state index contributed by atoms with van der Waals surface area (Å²) in [4.78, 5) is 0. The van der Waals surface area contributed by atoms with Crippen molar-refractivity contribution in [3.05, 3.63) is 53.1 Å². The molecule has 0 saturated heterocycles. The Bertz CT molecular complexity index is 562. The number of ether oxygens (including phenoxy) is 2. The fourth-order valence-corrected chi connectivity index (χ4v) is 2.07. The van der Waals surface area contributed by atoms with Crippen molar-refractivity contribution in [2.45, 2.75) is 13.3 Å². The normalized spacial score (nSPS) is 10.3. The first-order valence-corrected chi connectivity index (χ1v) is 6.20. The van der Waals surface area contributed by atoms with E-state index in [2.05, 4.69) is 6.92 Å². The Labute approximate surface area is 114 Å². The van der Waals surface area contributed by atoms with Crippen LogP contribution in [0.25, 0.3) is 0 Å². The van der Waals surface area contributed by atoms with E-state index in [1.807, 2.05) is 36.4 Å². The number of methoxy groups -OCH3 is 2. The lowest BCUT2D eigenvalue weighted by atomic mass is 9.99. The fraction of sp³-hybridized carbons (Fsp3) is 0.250. The zero-order valence-corrected chi connectivity index (χ0v) is 11.6. The Kier molecular flexibility index (Phi) is 3.95. The Morgan fingerprint density at radius 3 is 2.11 bits per heavy atom. The van der Waals surface area contributed by atoms with Crippen molar-refractivity contribution in [1.82, 2.24) is 0 Å². The number of nitrogen functional groups attached to an aromatic ring is 1. The van der Waals surface area contributed by atoms with Gasteiger partial charge in [0.1, 0.15) is 0 Å². The van der Waals surface area contributed by atoms with E-state index >= 15 is 0 Å². The molecule has 3 nitrogen and oxygen atoms in total. The predicted octanol–water partition coefficient (Wildman–Crippen LogP) is 3.19. The zero-order chi connectivity index (χ0) is 13.8. The molecule has 0 amide bonds. The first-order valence-electron chi connectivity index (χ1n) is 6.20. The third kappa shape index (κ3) is 2.99. The average molecular weight is 257 g/mol. The maximum Gasteiger partial charge on any atom is 0.161 e. The zero-order valence-electron chi connectivity index (χ0n) is 11.6. The fourth-order valence-electron chi connectivity index (χ4n) is 2.07. The van der Waals surface area contributed by atoms with E-state index in [1.54, 1.807) is 14.2 Å². The number of anilines is 1. The minimum absolute atomic E-state index is 0.763. The van der Waals surface area contributed by atoms with Crippen LogP contribution in [0.15, 0.2) is 36.4 Å². The lowest BCUT2D eigenvalue weighted by Crippen LogP contribution is -1.97. The standard InChI is InChI=1S/C16H19NO2/c1-11-8-15(18-2)16(19-3)10-13(11)9-12-4-6-14(17)7-5-12/h4-8,10H,9,17H2,1-3H3. The molecule has 0 spiro atoms. The molecule has 0 atom stereocenters. The Balaban J connectivity index is 2.32. The third-order valence-corrected chi connectivity index (χ3v) is 3.22. The van der Waals surface area contributed by atoms with Crippen LogP contribution in [0.1, 0.15) is 16.7 Å². The summed E-state index contributed by atoms with van der Waals surface area (Å²) in [5.74, 6) is 1.53. The molecule has 2 aromatic carbocycles. The van der Waals surface area contributed by atoms with Crippen LogP contribution in [0, 0.1) is 6.92 Å². The van der Waals surface area contributed by atoms with Gasteiger partial charge in [-0.25, -0.2) is 0 Å². The van der Waals surface area contributed by atoms with Gasteiger partial charge in [0.25, 0.3) is 0 Å². The second-order valence-corrected chi connectivity index (χ2v) is 4.55. The van der Waals surface area contributed by atoms with Gasteiger partial charge in [0.15, 0.2) is 11.5 Å². The van der Waals surface area contributed by atoms with Crippen LogP contribution in [0.5, 0.6) is 11.5 Å². The van der Waals surface area contributed by atoms with Crippen molar-refractivity contribution in [2.24, 2.45) is 0 Å². The number of benzene rings is 2. The van der Waals surface area contributed by atoms with Crippen molar-refractivity contribution in [1.29, 1.82) is 0 Å². The second kappa shape index (κ2) is 5.65. The molecule has 100 valence electrons. The summed E-state index contributed by atoms with van der Waals surface area (Å²) in [6, 6.07) is 12.0. The molecule has 0 aliphatic carbocycles. The van der Waals surface area contributed by atoms with E-state index in [-0.39, 0.29) is 0 Å². The van der Waals surface area contributed by atoms with Crippen LogP contribution in [-0.4, -0.2) is 14.2 Å². The first-order chi connectivity index (χ1) is 9.13. The number of rotatable bonds is 4. The monoisotopic (exact) mass is 257 g/mol. The minimum Gasteiger partial charge on any atom is -0.493 e. The lowest BCUT2D eigenvalue weighted by molar-refractivity contribution is 0.354. The molecule has 0 fully saturated rings. The molecule has 0 aliphatic rings. The number of nitrogens with two attached hydrogens (primary N) is 1. The average Bonchev–Trinajstić information content (AvgIpc) is 2.43. The van der Waals surface area contributed by atoms with E-state index in [1.165, 1.54) is 16.7 Å². The molecule has 0 unspecified atom stereocenters. The van der Waals surface area contributed by atoms with Gasteiger partial charge in [-0.2, -0.15) is 0 Å². The summed E-state index contributed by atoms with van der Waals surface area (Å²) in [6.45, 7) is 2.08. The van der Waals surface area contributed by atoms with Crippen molar-refractivity contribution >= 4 is 5.69 Å². The minimum atomic E-state index is 0.763. The molecular weight excluding hydrogens is 238 g/mol. The van der Waals surface area contributed by atoms with Gasteiger partial charge in [0, 0.05) is 5.69 Å². The smallest absolute Gasteiger partial charge is 0.161 e. The van der Waals surface area contributed by atoms with Gasteiger partial charge in [-0.15, -0.1) is 0 Å². The molecule has 0 aromatic heterocycles. The summed E-state index contributed by atoms with van der Waals surface area (Å²) in [7, 11) is 3.30. The lowest BCUT2D eigenvalue weighted by Gasteiger charge is -2.13. The van der Waals surface area contributed by atoms with E-state index in [0.29, 0.717) is 0 Å². The van der Waals surface area contributed by atoms with Gasteiger partial charge >= 0.3 is 0 Å². The van der Waals surface area contributed by atoms with Crippen molar-refractivity contribution in [2.75, 3.05) is 20.0 Å². The van der Waals surface area contributed by atoms with E-state index < -0.39 is 0 Å². The number of hydrogen-bond acceptors (Lipinski definition) is 3. The van der Waals surface area contributed by atoms with Crippen molar-refractivity contribution in [3.8, 4) is 11.5 Å². The number of aryl methyl sites for hydroxylation is 1. The summed E-state index contributed by atoms with van der Waals surface area (Å²) in [6.07, 6.45) is 0.854. The number of hydrogen-bond donors (Lipinski definition) is 1. The van der Waals surface area contributed by atoms with E-state index in [9.17, 15) is 0 Å². The molecule has 19 heavy (non-hydrogen) atoms. The highest BCUT2D eigenvalue weighted by atomic mass is 16.5. The second-order valence-electron chi connectivity index (χ2n) is 4.55. The van der Waals surface area contributed by atoms with Crippen LogP contribution in [-0.2, 0) is 6.42 Å². The molecule has 0 radical (unpaired) electrons. The van der Waals surface area contributed by atoms with Gasteiger partial charge < -0.3 is 15.2 Å². The Morgan fingerprint density at radius 1 is 0.947 bits per heavy atom. The first kappa shape index (κ1) is 13.3. The van der Waals surface area contributed by atoms with Crippen LogP contribution in [0.2, 0.25) is 0 Å². The maximum absolute atomic E-state index is 5.70. The third-order valence-electron chi connectivity index (χ3n) is 3.22. The van der Waals surface area contributed by atoms with Gasteiger partial charge in [0.05, 0.1) is 14.2 Å². The molecule has 0 aliphatic heterocycles. The Morgan fingerprint density at radius 2 is 1.53 bits per heavy atom. The SMILES string of the molecule is COc1cc(C)c(Cc2ccc(N)cc2)cc1OC. The Hall–Kier alpha value is -2.16. The molecule has 0 saturated carbocycles. The summed E-state index contributed by atoms with van der Waals surface area (Å²) in [5.41, 5.74) is 10.1. The van der Waals surface area contributed by atoms with Crippen LogP contribution >= 0.6 is 0 Å². The largest absolute Gasteiger partial charge is 0.493 e. The van der Waals surface area contributed by atoms with Gasteiger partial charge in [-0.3, -0.25) is 0 Å². The molecule has 0 bridgehead atoms. The quantitative estimate of drug-likeness (QED) is 0.855. The predicted molar refractivity (Wildman–Crippen MR) is 77.9 cm³/mol. The van der Waals surface area contributed by atoms with Gasteiger partial charge in [0.2, 0.25) is 0 Å². The van der Waals surface area contributed by atoms with Gasteiger partial charge in [-0.05, 0) is 54.3 Å². The highest BCUT2D eigenvalue weighted by Gasteiger charge is 2.09. The van der Waals surface area contributed by atoms with E-state index in [4.69, 9.17) is 15.2 Å². The topological polar surface area (TPSA) is 44.5 Å². The molecule has 3 heteroatoms. The molecular formula is C16H19NO2. The molecule has 0 heterocycles. The molecule has 2 aromatic rings. The molecule has 2 N–H and O–H groups in total. The summed E-state index contributed by atoms with van der Waals surface area (Å²) < 4.78 is 10.6. The van der Waals surface area contributed by atoms with E-state index in [0.717, 1.165) is 23.6 Å². The van der Waals surface area contributed by atoms with Gasteiger partial charge in [-0.1, -0.05) is 12.1 Å². The molecule has 2 rings (SSSR count). The van der Waals surface area contributed by atoms with Crippen molar-refractivity contribution < 1.29 is 9.47 Å².